The molecular weight excluding hydrogens is 318 g/mol. The monoisotopic (exact) mass is 333 g/mol. The van der Waals surface area contributed by atoms with Crippen LogP contribution in [-0.4, -0.2) is 36.8 Å². The van der Waals surface area contributed by atoms with Crippen molar-refractivity contribution in [1.29, 1.82) is 0 Å². The molecule has 1 amide bonds. The number of thioether (sulfide) groups is 1. The zero-order valence-electron chi connectivity index (χ0n) is 10.8. The fraction of sp³-hybridized carbons (Fsp3) is 0.462. The van der Waals surface area contributed by atoms with Crippen LogP contribution in [-0.2, 0) is 21.2 Å². The zero-order chi connectivity index (χ0) is 14.6. The van der Waals surface area contributed by atoms with E-state index in [2.05, 4.69) is 5.32 Å². The van der Waals surface area contributed by atoms with Crippen LogP contribution in [0.1, 0.15) is 12.0 Å². The van der Waals surface area contributed by atoms with Gasteiger partial charge in [0.15, 0.2) is 9.84 Å². The van der Waals surface area contributed by atoms with Gasteiger partial charge in [0.2, 0.25) is 5.91 Å². The summed E-state index contributed by atoms with van der Waals surface area (Å²) in [6.45, 7) is 0.433. The van der Waals surface area contributed by atoms with Gasteiger partial charge in [0.25, 0.3) is 0 Å². The van der Waals surface area contributed by atoms with Crippen LogP contribution in [0.4, 0.5) is 0 Å². The molecule has 0 saturated carbocycles. The summed E-state index contributed by atoms with van der Waals surface area (Å²) in [5, 5.41) is 3.50. The van der Waals surface area contributed by atoms with Gasteiger partial charge < -0.3 is 5.32 Å². The molecule has 1 unspecified atom stereocenters. The molecule has 0 spiro atoms. The molecule has 1 N–H and O–H groups in total. The van der Waals surface area contributed by atoms with Crippen LogP contribution in [0.5, 0.6) is 0 Å². The van der Waals surface area contributed by atoms with Gasteiger partial charge in [-0.05, 0) is 24.1 Å². The Bertz CT molecular complexity index is 589. The van der Waals surface area contributed by atoms with E-state index in [0.29, 0.717) is 23.7 Å². The van der Waals surface area contributed by atoms with Gasteiger partial charge in [-0.2, -0.15) is 0 Å². The largest absolute Gasteiger partial charge is 0.351 e. The zero-order valence-corrected chi connectivity index (χ0v) is 13.2. The summed E-state index contributed by atoms with van der Waals surface area (Å²) in [6, 6.07) is 7.31. The summed E-state index contributed by atoms with van der Waals surface area (Å²) >= 11 is 7.28. The molecule has 7 heteroatoms. The van der Waals surface area contributed by atoms with Crippen molar-refractivity contribution in [3.63, 3.8) is 0 Å². The predicted octanol–water partition coefficient (Wildman–Crippen LogP) is 1.88. The van der Waals surface area contributed by atoms with E-state index in [9.17, 15) is 13.2 Å². The number of hydrogen-bond donors (Lipinski definition) is 1. The maximum absolute atomic E-state index is 11.7. The van der Waals surface area contributed by atoms with E-state index in [-0.39, 0.29) is 22.7 Å². The molecule has 20 heavy (non-hydrogen) atoms. The van der Waals surface area contributed by atoms with Crippen LogP contribution in [0.3, 0.4) is 0 Å². The second kappa shape index (κ2) is 6.83. The van der Waals surface area contributed by atoms with Crippen molar-refractivity contribution < 1.29 is 13.2 Å². The van der Waals surface area contributed by atoms with Crippen LogP contribution in [0.25, 0.3) is 0 Å². The van der Waals surface area contributed by atoms with Gasteiger partial charge in [-0.15, -0.1) is 11.8 Å². The first-order valence-corrected chi connectivity index (χ1v) is 9.52. The standard InChI is InChI=1S/C13H16ClNO3S2/c14-11-3-1-2-10(6-11)7-15-13(16)8-19-12-4-5-20(17,18)9-12/h1-3,6,12H,4-5,7-9H2,(H,15,16). The SMILES string of the molecule is O=C(CSC1CCS(=O)(=O)C1)NCc1cccc(Cl)c1. The van der Waals surface area contributed by atoms with Crippen LogP contribution < -0.4 is 5.32 Å². The van der Waals surface area contributed by atoms with Crippen molar-refractivity contribution in [3.8, 4) is 0 Å². The minimum Gasteiger partial charge on any atom is -0.351 e. The fourth-order valence-corrected chi connectivity index (χ4v) is 5.67. The van der Waals surface area contributed by atoms with E-state index in [4.69, 9.17) is 11.6 Å². The van der Waals surface area contributed by atoms with Gasteiger partial charge >= 0.3 is 0 Å². The van der Waals surface area contributed by atoms with E-state index in [1.54, 1.807) is 12.1 Å². The Morgan fingerprint density at radius 2 is 2.25 bits per heavy atom. The number of amides is 1. The molecule has 1 saturated heterocycles. The lowest BCUT2D eigenvalue weighted by molar-refractivity contribution is -0.118. The highest BCUT2D eigenvalue weighted by Gasteiger charge is 2.28. The highest BCUT2D eigenvalue weighted by molar-refractivity contribution is 8.02. The number of nitrogens with one attached hydrogen (secondary N) is 1. The molecule has 2 rings (SSSR count). The average molecular weight is 334 g/mol. The summed E-state index contributed by atoms with van der Waals surface area (Å²) in [4.78, 5) is 11.7. The van der Waals surface area contributed by atoms with Gasteiger partial charge in [0.05, 0.1) is 17.3 Å². The Kier molecular flexibility index (Phi) is 5.35. The lowest BCUT2D eigenvalue weighted by Gasteiger charge is -2.08. The molecule has 1 aromatic carbocycles. The summed E-state index contributed by atoms with van der Waals surface area (Å²) in [5.41, 5.74) is 0.944. The number of carbonyl (C=O) groups is 1. The number of hydrogen-bond acceptors (Lipinski definition) is 4. The molecule has 0 aromatic heterocycles. The fourth-order valence-electron chi connectivity index (χ4n) is 1.98. The van der Waals surface area contributed by atoms with E-state index < -0.39 is 9.84 Å². The molecule has 0 bridgehead atoms. The Labute approximate surface area is 128 Å². The Balaban J connectivity index is 1.71. The van der Waals surface area contributed by atoms with Crippen LogP contribution >= 0.6 is 23.4 Å². The number of sulfone groups is 1. The third-order valence-electron chi connectivity index (χ3n) is 3.02. The average Bonchev–Trinajstić information content (AvgIpc) is 2.74. The van der Waals surface area contributed by atoms with E-state index in [1.807, 2.05) is 12.1 Å². The van der Waals surface area contributed by atoms with Crippen LogP contribution in [0, 0.1) is 0 Å². The third kappa shape index (κ3) is 5.00. The predicted molar refractivity (Wildman–Crippen MR) is 82.8 cm³/mol. The summed E-state index contributed by atoms with van der Waals surface area (Å²) in [5.74, 6) is 0.647. The van der Waals surface area contributed by atoms with Gasteiger partial charge in [-0.3, -0.25) is 4.79 Å². The van der Waals surface area contributed by atoms with E-state index >= 15 is 0 Å². The van der Waals surface area contributed by atoms with E-state index in [1.165, 1.54) is 11.8 Å². The Morgan fingerprint density at radius 1 is 1.45 bits per heavy atom. The highest BCUT2D eigenvalue weighted by atomic mass is 35.5. The molecule has 1 atom stereocenters. The van der Waals surface area contributed by atoms with Crippen molar-refractivity contribution in [3.05, 3.63) is 34.9 Å². The lowest BCUT2D eigenvalue weighted by Crippen LogP contribution is -2.25. The summed E-state index contributed by atoms with van der Waals surface area (Å²) in [6.07, 6.45) is 0.647. The smallest absolute Gasteiger partial charge is 0.230 e. The molecular formula is C13H16ClNO3S2. The Hall–Kier alpha value is -0.720. The normalized spacial score (nSPS) is 20.8. The Morgan fingerprint density at radius 3 is 2.90 bits per heavy atom. The molecule has 110 valence electrons. The first-order valence-electron chi connectivity index (χ1n) is 6.28. The summed E-state index contributed by atoms with van der Waals surface area (Å²) in [7, 11) is -2.87. The number of benzene rings is 1. The van der Waals surface area contributed by atoms with Crippen LogP contribution in [0.15, 0.2) is 24.3 Å². The molecule has 0 aliphatic carbocycles. The molecule has 1 aromatic rings. The lowest BCUT2D eigenvalue weighted by atomic mass is 10.2. The van der Waals surface area contributed by atoms with Gasteiger partial charge in [-0.25, -0.2) is 8.42 Å². The van der Waals surface area contributed by atoms with E-state index in [0.717, 1.165) is 5.56 Å². The molecule has 1 fully saturated rings. The first-order chi connectivity index (χ1) is 9.44. The summed E-state index contributed by atoms with van der Waals surface area (Å²) < 4.78 is 22.6. The third-order valence-corrected chi connectivity index (χ3v) is 6.54. The van der Waals surface area contributed by atoms with Crippen molar-refractivity contribution >= 4 is 39.1 Å². The van der Waals surface area contributed by atoms with Crippen molar-refractivity contribution in [2.75, 3.05) is 17.3 Å². The first kappa shape index (κ1) is 15.7. The molecule has 1 aliphatic rings. The molecule has 1 aliphatic heterocycles. The van der Waals surface area contributed by atoms with Crippen molar-refractivity contribution in [2.45, 2.75) is 18.2 Å². The van der Waals surface area contributed by atoms with Crippen LogP contribution in [0.2, 0.25) is 5.02 Å². The molecule has 1 heterocycles. The molecule has 4 nitrogen and oxygen atoms in total. The number of carbonyl (C=O) groups excluding carboxylic acids is 1. The molecule has 0 radical (unpaired) electrons. The van der Waals surface area contributed by atoms with Gasteiger partial charge in [-0.1, -0.05) is 23.7 Å². The topological polar surface area (TPSA) is 63.2 Å². The maximum atomic E-state index is 11.7. The minimum absolute atomic E-state index is 0.0527. The van der Waals surface area contributed by atoms with Gasteiger partial charge in [0, 0.05) is 16.8 Å². The minimum atomic E-state index is -2.87. The number of halogens is 1. The highest BCUT2D eigenvalue weighted by Crippen LogP contribution is 2.23. The second-order valence-electron chi connectivity index (χ2n) is 4.74. The van der Waals surface area contributed by atoms with Crippen molar-refractivity contribution in [1.82, 2.24) is 5.32 Å². The maximum Gasteiger partial charge on any atom is 0.230 e. The quantitative estimate of drug-likeness (QED) is 0.893. The van der Waals surface area contributed by atoms with Crippen molar-refractivity contribution in [2.24, 2.45) is 0 Å². The van der Waals surface area contributed by atoms with Gasteiger partial charge in [0.1, 0.15) is 0 Å². The second-order valence-corrected chi connectivity index (χ2v) is 8.70. The number of rotatable bonds is 5.